The molecule has 0 bridgehead atoms. The van der Waals surface area contributed by atoms with Crippen molar-refractivity contribution in [1.82, 2.24) is 4.52 Å². The molecule has 0 radical (unpaired) electrons. The molecule has 1 aliphatic rings. The van der Waals surface area contributed by atoms with E-state index in [1.54, 1.807) is 12.1 Å². The SMILES string of the molecule is Cc1cc(/C=C/c2ccc(OC(F)(F)F)cc2)n2c1c(CCN)c1[n+]2=CC=C1. The molecule has 1 aliphatic heterocycles. The standard InChI is InChI=1S/C21H19F3N3O/c1-14-13-16(7-4-15-5-8-17(9-6-15)28-21(22,23)24)27-20(14)18(10-11-25)19-3-2-12-26(19)27/h2-9,12-13H,10-11,25H2,1H3/q+1/b7-4+. The summed E-state index contributed by atoms with van der Waals surface area (Å²) < 4.78 is 44.9. The van der Waals surface area contributed by atoms with Gasteiger partial charge in [-0.05, 0) is 55.3 Å². The van der Waals surface area contributed by atoms with Crippen LogP contribution in [0.3, 0.4) is 0 Å². The van der Waals surface area contributed by atoms with Gasteiger partial charge in [-0.15, -0.1) is 17.7 Å². The zero-order chi connectivity index (χ0) is 19.9. The molecule has 1 aromatic carbocycles. The van der Waals surface area contributed by atoms with Crippen LogP contribution in [0.25, 0.3) is 23.7 Å². The van der Waals surface area contributed by atoms with E-state index in [1.807, 2.05) is 24.4 Å². The quantitative estimate of drug-likeness (QED) is 0.677. The molecule has 3 heterocycles. The number of alkyl halides is 3. The van der Waals surface area contributed by atoms with Crippen molar-refractivity contribution in [3.05, 3.63) is 70.7 Å². The third kappa shape index (κ3) is 3.29. The van der Waals surface area contributed by atoms with Crippen LogP contribution in [-0.4, -0.2) is 17.4 Å². The summed E-state index contributed by atoms with van der Waals surface area (Å²) in [7, 11) is 0. The van der Waals surface area contributed by atoms with Gasteiger partial charge in [0.2, 0.25) is 11.9 Å². The number of aryl methyl sites for hydroxylation is 1. The molecule has 0 saturated carbocycles. The maximum absolute atomic E-state index is 12.3. The van der Waals surface area contributed by atoms with Crippen molar-refractivity contribution < 1.29 is 22.3 Å². The van der Waals surface area contributed by atoms with Gasteiger partial charge in [-0.3, -0.25) is 0 Å². The van der Waals surface area contributed by atoms with Crippen molar-refractivity contribution >= 4 is 23.7 Å². The topological polar surface area (TPSA) is 45.6 Å². The van der Waals surface area contributed by atoms with Gasteiger partial charge < -0.3 is 10.5 Å². The molecule has 144 valence electrons. The fraction of sp³-hybridized carbons (Fsp3) is 0.190. The minimum atomic E-state index is -4.69. The number of hydrogen-bond acceptors (Lipinski definition) is 2. The highest BCUT2D eigenvalue weighted by molar-refractivity contribution is 5.75. The van der Waals surface area contributed by atoms with Gasteiger partial charge in [-0.1, -0.05) is 22.6 Å². The van der Waals surface area contributed by atoms with Crippen LogP contribution in [0.2, 0.25) is 0 Å². The second kappa shape index (κ2) is 6.83. The van der Waals surface area contributed by atoms with E-state index in [0.29, 0.717) is 6.54 Å². The van der Waals surface area contributed by atoms with E-state index in [-0.39, 0.29) is 5.75 Å². The number of hydrogen-bond donors (Lipinski definition) is 1. The van der Waals surface area contributed by atoms with Gasteiger partial charge >= 0.3 is 6.36 Å². The Balaban J connectivity index is 1.68. The fourth-order valence-corrected chi connectivity index (χ4v) is 3.62. The first-order chi connectivity index (χ1) is 13.4. The summed E-state index contributed by atoms with van der Waals surface area (Å²) in [6, 6.07) is 7.87. The van der Waals surface area contributed by atoms with E-state index in [9.17, 15) is 13.2 Å². The van der Waals surface area contributed by atoms with E-state index < -0.39 is 6.36 Å². The minimum Gasteiger partial charge on any atom is -0.406 e. The highest BCUT2D eigenvalue weighted by atomic mass is 19.4. The Morgan fingerprint density at radius 1 is 1.18 bits per heavy atom. The molecule has 7 heteroatoms. The van der Waals surface area contributed by atoms with E-state index in [4.69, 9.17) is 5.73 Å². The third-order valence-corrected chi connectivity index (χ3v) is 4.69. The average molecular weight is 386 g/mol. The molecule has 2 aromatic heterocycles. The zero-order valence-corrected chi connectivity index (χ0v) is 15.2. The first-order valence-corrected chi connectivity index (χ1v) is 8.88. The van der Waals surface area contributed by atoms with Gasteiger partial charge in [0.1, 0.15) is 17.0 Å². The molecule has 0 unspecified atom stereocenters. The molecule has 4 nitrogen and oxygen atoms in total. The third-order valence-electron chi connectivity index (χ3n) is 4.69. The van der Waals surface area contributed by atoms with Crippen LogP contribution in [0.15, 0.2) is 36.4 Å². The largest absolute Gasteiger partial charge is 0.573 e. The van der Waals surface area contributed by atoms with Crippen molar-refractivity contribution in [2.45, 2.75) is 19.7 Å². The highest BCUT2D eigenvalue weighted by Crippen LogP contribution is 2.26. The number of halogens is 3. The number of fused-ring (bicyclic) bond motifs is 3. The molecule has 0 atom stereocenters. The van der Waals surface area contributed by atoms with Gasteiger partial charge in [0.15, 0.2) is 0 Å². The second-order valence-electron chi connectivity index (χ2n) is 6.62. The Morgan fingerprint density at radius 2 is 1.93 bits per heavy atom. The Kier molecular flexibility index (Phi) is 4.47. The van der Waals surface area contributed by atoms with Crippen LogP contribution in [0, 0.1) is 13.1 Å². The van der Waals surface area contributed by atoms with Crippen molar-refractivity contribution in [3.63, 3.8) is 0 Å². The smallest absolute Gasteiger partial charge is 0.406 e. The number of ether oxygens (including phenoxy) is 1. The predicted molar refractivity (Wildman–Crippen MR) is 101 cm³/mol. The lowest BCUT2D eigenvalue weighted by Crippen LogP contribution is -2.24. The van der Waals surface area contributed by atoms with Crippen LogP contribution in [0.5, 0.6) is 5.75 Å². The van der Waals surface area contributed by atoms with Gasteiger partial charge in [0.25, 0.3) is 0 Å². The highest BCUT2D eigenvalue weighted by Gasteiger charge is 2.31. The summed E-state index contributed by atoms with van der Waals surface area (Å²) >= 11 is 0. The molecular weight excluding hydrogens is 367 g/mol. The summed E-state index contributed by atoms with van der Waals surface area (Å²) in [6.45, 7) is 2.64. The van der Waals surface area contributed by atoms with Crippen LogP contribution < -0.4 is 14.8 Å². The van der Waals surface area contributed by atoms with Crippen LogP contribution in [0.4, 0.5) is 13.2 Å². The van der Waals surface area contributed by atoms with Gasteiger partial charge in [-0.25, -0.2) is 0 Å². The van der Waals surface area contributed by atoms with Gasteiger partial charge in [0, 0.05) is 12.2 Å². The average Bonchev–Trinajstić information content (AvgIpc) is 3.28. The molecule has 0 fully saturated rings. The van der Waals surface area contributed by atoms with Crippen molar-refractivity contribution in [1.29, 1.82) is 0 Å². The molecule has 28 heavy (non-hydrogen) atoms. The Morgan fingerprint density at radius 3 is 2.61 bits per heavy atom. The fourth-order valence-electron chi connectivity index (χ4n) is 3.62. The molecule has 0 saturated heterocycles. The number of rotatable bonds is 5. The van der Waals surface area contributed by atoms with Crippen molar-refractivity contribution in [3.8, 4) is 5.75 Å². The Bertz CT molecular complexity index is 1140. The first-order valence-electron chi connectivity index (χ1n) is 8.88. The Labute approximate surface area is 159 Å². The van der Waals surface area contributed by atoms with Crippen LogP contribution in [0.1, 0.15) is 28.1 Å². The number of aromatic nitrogens is 2. The van der Waals surface area contributed by atoms with E-state index >= 15 is 0 Å². The second-order valence-corrected chi connectivity index (χ2v) is 6.62. The molecular formula is C21H19F3N3O+. The maximum atomic E-state index is 12.3. The van der Waals surface area contributed by atoms with Crippen molar-refractivity contribution in [2.24, 2.45) is 5.73 Å². The summed E-state index contributed by atoms with van der Waals surface area (Å²) in [5.74, 6) is -0.234. The van der Waals surface area contributed by atoms with E-state index in [1.165, 1.54) is 17.7 Å². The van der Waals surface area contributed by atoms with E-state index in [0.717, 1.165) is 34.5 Å². The molecule has 0 amide bonds. The van der Waals surface area contributed by atoms with Gasteiger partial charge in [0.05, 0.1) is 5.56 Å². The lowest BCUT2D eigenvalue weighted by atomic mass is 10.1. The number of allylic oxidation sites excluding steroid dienone is 1. The van der Waals surface area contributed by atoms with Crippen LogP contribution in [-0.2, 0) is 6.42 Å². The monoisotopic (exact) mass is 386 g/mol. The number of benzene rings is 1. The number of nitrogens with two attached hydrogens (primary N) is 1. The Hall–Kier alpha value is -3.06. The van der Waals surface area contributed by atoms with Crippen molar-refractivity contribution in [2.75, 3.05) is 6.54 Å². The lowest BCUT2D eigenvalue weighted by molar-refractivity contribution is -0.583. The zero-order valence-electron chi connectivity index (χ0n) is 15.2. The molecule has 0 spiro atoms. The summed E-state index contributed by atoms with van der Waals surface area (Å²) in [4.78, 5) is 0. The predicted octanol–water partition coefficient (Wildman–Crippen LogP) is 3.86. The summed E-state index contributed by atoms with van der Waals surface area (Å²) in [5, 5.41) is 0. The normalized spacial score (nSPS) is 13.5. The summed E-state index contributed by atoms with van der Waals surface area (Å²) in [5.41, 5.74) is 12.2. The van der Waals surface area contributed by atoms with Crippen LogP contribution >= 0.6 is 0 Å². The maximum Gasteiger partial charge on any atom is 0.573 e. The lowest BCUT2D eigenvalue weighted by Gasteiger charge is -2.08. The summed E-state index contributed by atoms with van der Waals surface area (Å²) in [6.07, 6.45) is 5.99. The minimum absolute atomic E-state index is 0.234. The molecule has 0 aliphatic carbocycles. The first kappa shape index (κ1) is 18.3. The molecule has 3 aromatic rings. The molecule has 4 rings (SSSR count). The number of nitrogens with zero attached hydrogens (tertiary/aromatic N) is 2. The van der Waals surface area contributed by atoms with E-state index in [2.05, 4.69) is 32.7 Å². The molecule has 2 N–H and O–H groups in total. The van der Waals surface area contributed by atoms with Gasteiger partial charge in [-0.2, -0.15) is 0 Å².